The third-order valence-electron chi connectivity index (χ3n) is 6.89. The Balaban J connectivity index is 0.00000120. The van der Waals surface area contributed by atoms with Crippen LogP contribution in [-0.4, -0.2) is 56.2 Å². The summed E-state index contributed by atoms with van der Waals surface area (Å²) in [4.78, 5) is 5.00. The van der Waals surface area contributed by atoms with Gasteiger partial charge >= 0.3 is 0 Å². The second-order valence-corrected chi connectivity index (χ2v) is 8.44. The zero-order valence-corrected chi connectivity index (χ0v) is 18.8. The van der Waals surface area contributed by atoms with Crippen LogP contribution in [0, 0.1) is 0 Å². The molecule has 4 aliphatic rings. The summed E-state index contributed by atoms with van der Waals surface area (Å²) in [6.07, 6.45) is 3.42. The van der Waals surface area contributed by atoms with Crippen molar-refractivity contribution in [3.05, 3.63) is 70.8 Å². The number of piperazine rings is 1. The SMILES string of the molecule is CN1CCN(CCCOC23CCC(c4ccccc42)c2ccccc23)CC1.Cl.Cl. The van der Waals surface area contributed by atoms with Crippen LogP contribution in [0.15, 0.2) is 48.5 Å². The Kier molecular flexibility index (Phi) is 7.29. The molecular weight excluding hydrogens is 403 g/mol. The number of likely N-dealkylation sites (N-methyl/N-ethyl adjacent to an activating group) is 1. The monoisotopic (exact) mass is 434 g/mol. The number of rotatable bonds is 5. The molecule has 1 fully saturated rings. The highest BCUT2D eigenvalue weighted by Gasteiger charge is 2.48. The molecule has 29 heavy (non-hydrogen) atoms. The first-order chi connectivity index (χ1) is 13.3. The van der Waals surface area contributed by atoms with Gasteiger partial charge in [0.05, 0.1) is 0 Å². The van der Waals surface area contributed by atoms with E-state index >= 15 is 0 Å². The summed E-state index contributed by atoms with van der Waals surface area (Å²) in [5, 5.41) is 0. The highest BCUT2D eigenvalue weighted by atomic mass is 35.5. The van der Waals surface area contributed by atoms with Gasteiger partial charge in [0, 0.05) is 45.2 Å². The standard InChI is InChI=1S/C24H30N2O.2ClH/c1-25-14-16-26(17-15-25)13-6-18-27-24-12-11-19(20-7-2-4-9-22(20)24)21-8-3-5-10-23(21)24;;/h2-5,7-10,19H,6,11-18H2,1H3;2*1H. The number of hydrogen-bond acceptors (Lipinski definition) is 3. The van der Waals surface area contributed by atoms with E-state index in [1.165, 1.54) is 54.9 Å². The van der Waals surface area contributed by atoms with E-state index in [0.717, 1.165) is 26.0 Å². The summed E-state index contributed by atoms with van der Waals surface area (Å²) in [5.41, 5.74) is 5.58. The number of ether oxygens (including phenoxy) is 1. The molecule has 0 amide bonds. The van der Waals surface area contributed by atoms with Gasteiger partial charge in [0.1, 0.15) is 5.60 Å². The zero-order chi connectivity index (χ0) is 18.3. The van der Waals surface area contributed by atoms with Crippen LogP contribution in [0.2, 0.25) is 0 Å². The summed E-state index contributed by atoms with van der Waals surface area (Å²) < 4.78 is 6.79. The quantitative estimate of drug-likeness (QED) is 0.635. The first-order valence-corrected chi connectivity index (χ1v) is 10.5. The maximum absolute atomic E-state index is 6.79. The fourth-order valence-corrected chi connectivity index (χ4v) is 5.41. The van der Waals surface area contributed by atoms with Gasteiger partial charge in [-0.25, -0.2) is 0 Å². The molecular formula is C24H32Cl2N2O. The van der Waals surface area contributed by atoms with Gasteiger partial charge in [-0.3, -0.25) is 0 Å². The van der Waals surface area contributed by atoms with Crippen molar-refractivity contribution in [1.82, 2.24) is 9.80 Å². The van der Waals surface area contributed by atoms with Gasteiger partial charge in [0.15, 0.2) is 0 Å². The lowest BCUT2D eigenvalue weighted by atomic mass is 9.61. The third kappa shape index (κ3) is 3.96. The van der Waals surface area contributed by atoms with E-state index < -0.39 is 0 Å². The topological polar surface area (TPSA) is 15.7 Å². The van der Waals surface area contributed by atoms with Crippen LogP contribution in [-0.2, 0) is 10.3 Å². The van der Waals surface area contributed by atoms with Gasteiger partial charge in [0.25, 0.3) is 0 Å². The van der Waals surface area contributed by atoms with E-state index in [2.05, 4.69) is 65.4 Å². The molecule has 0 radical (unpaired) electrons. The lowest BCUT2D eigenvalue weighted by molar-refractivity contribution is -0.0429. The molecule has 0 unspecified atom stereocenters. The Morgan fingerprint density at radius 2 is 1.48 bits per heavy atom. The Hall–Kier alpha value is -1.10. The van der Waals surface area contributed by atoms with Crippen molar-refractivity contribution >= 4 is 24.8 Å². The average Bonchev–Trinajstić information content (AvgIpc) is 2.73. The average molecular weight is 435 g/mol. The third-order valence-corrected chi connectivity index (χ3v) is 6.89. The van der Waals surface area contributed by atoms with Crippen LogP contribution in [0.1, 0.15) is 47.4 Å². The Labute approximate surface area is 187 Å². The molecule has 6 rings (SSSR count). The van der Waals surface area contributed by atoms with Crippen molar-refractivity contribution in [3.8, 4) is 0 Å². The molecule has 158 valence electrons. The molecule has 3 nitrogen and oxygen atoms in total. The number of fused-ring (bicyclic) bond motifs is 1. The summed E-state index contributed by atoms with van der Waals surface area (Å²) in [7, 11) is 2.22. The lowest BCUT2D eigenvalue weighted by Gasteiger charge is -2.49. The van der Waals surface area contributed by atoms with Crippen molar-refractivity contribution in [3.63, 3.8) is 0 Å². The maximum atomic E-state index is 6.79. The van der Waals surface area contributed by atoms with Crippen LogP contribution >= 0.6 is 24.8 Å². The molecule has 5 heteroatoms. The Bertz CT molecular complexity index is 773. The number of halogens is 2. The molecule has 2 bridgehead atoms. The maximum Gasteiger partial charge on any atom is 0.119 e. The number of benzene rings is 2. The van der Waals surface area contributed by atoms with E-state index in [1.807, 2.05) is 0 Å². The van der Waals surface area contributed by atoms with Crippen molar-refractivity contribution in [1.29, 1.82) is 0 Å². The first-order valence-electron chi connectivity index (χ1n) is 10.5. The van der Waals surface area contributed by atoms with Gasteiger partial charge in [-0.1, -0.05) is 48.5 Å². The zero-order valence-electron chi connectivity index (χ0n) is 17.2. The molecule has 3 aliphatic carbocycles. The smallest absolute Gasteiger partial charge is 0.119 e. The van der Waals surface area contributed by atoms with Crippen LogP contribution in [0.4, 0.5) is 0 Å². The summed E-state index contributed by atoms with van der Waals surface area (Å²) in [5.74, 6) is 0.549. The summed E-state index contributed by atoms with van der Waals surface area (Å²) in [6.45, 7) is 6.74. The van der Waals surface area contributed by atoms with Crippen LogP contribution in [0.5, 0.6) is 0 Å². The molecule has 0 atom stereocenters. The van der Waals surface area contributed by atoms with Crippen molar-refractivity contribution in [2.45, 2.75) is 30.8 Å². The van der Waals surface area contributed by atoms with E-state index in [9.17, 15) is 0 Å². The molecule has 0 saturated carbocycles. The number of hydrogen-bond donors (Lipinski definition) is 0. The summed E-state index contributed by atoms with van der Waals surface area (Å²) >= 11 is 0. The molecule has 2 aromatic rings. The van der Waals surface area contributed by atoms with Gasteiger partial charge < -0.3 is 14.5 Å². The molecule has 1 aliphatic heterocycles. The lowest BCUT2D eigenvalue weighted by Crippen LogP contribution is -2.45. The molecule has 0 spiro atoms. The van der Waals surface area contributed by atoms with Gasteiger partial charge in [-0.15, -0.1) is 24.8 Å². The van der Waals surface area contributed by atoms with E-state index in [-0.39, 0.29) is 30.4 Å². The van der Waals surface area contributed by atoms with Crippen LogP contribution in [0.25, 0.3) is 0 Å². The van der Waals surface area contributed by atoms with Gasteiger partial charge in [0.2, 0.25) is 0 Å². The fraction of sp³-hybridized carbons (Fsp3) is 0.500. The highest BCUT2D eigenvalue weighted by molar-refractivity contribution is 5.85. The van der Waals surface area contributed by atoms with Crippen LogP contribution in [0.3, 0.4) is 0 Å². The second-order valence-electron chi connectivity index (χ2n) is 8.44. The number of nitrogens with zero attached hydrogens (tertiary/aromatic N) is 2. The van der Waals surface area contributed by atoms with Crippen molar-refractivity contribution in [2.75, 3.05) is 46.4 Å². The normalized spacial score (nSPS) is 25.5. The van der Waals surface area contributed by atoms with Gasteiger partial charge in [-0.05, 0) is 48.6 Å². The first kappa shape index (κ1) is 22.6. The molecule has 0 N–H and O–H groups in total. The van der Waals surface area contributed by atoms with E-state index in [0.29, 0.717) is 5.92 Å². The molecule has 1 saturated heterocycles. The predicted octanol–water partition coefficient (Wildman–Crippen LogP) is 4.67. The Morgan fingerprint density at radius 1 is 0.897 bits per heavy atom. The van der Waals surface area contributed by atoms with Crippen molar-refractivity contribution < 1.29 is 4.74 Å². The van der Waals surface area contributed by atoms with Gasteiger partial charge in [-0.2, -0.15) is 0 Å². The summed E-state index contributed by atoms with van der Waals surface area (Å²) in [6, 6.07) is 18.0. The molecule has 1 heterocycles. The molecule has 2 aromatic carbocycles. The minimum Gasteiger partial charge on any atom is -0.365 e. The minimum atomic E-state index is -0.232. The minimum absolute atomic E-state index is 0. The van der Waals surface area contributed by atoms with Crippen LogP contribution < -0.4 is 0 Å². The molecule has 0 aromatic heterocycles. The predicted molar refractivity (Wildman–Crippen MR) is 124 cm³/mol. The van der Waals surface area contributed by atoms with E-state index in [4.69, 9.17) is 4.74 Å². The van der Waals surface area contributed by atoms with Crippen molar-refractivity contribution in [2.24, 2.45) is 0 Å². The Morgan fingerprint density at radius 3 is 2.10 bits per heavy atom. The second kappa shape index (κ2) is 9.36. The fourth-order valence-electron chi connectivity index (χ4n) is 5.41. The van der Waals surface area contributed by atoms with E-state index in [1.54, 1.807) is 0 Å². The highest BCUT2D eigenvalue weighted by Crippen LogP contribution is 2.56. The largest absolute Gasteiger partial charge is 0.365 e.